The van der Waals surface area contributed by atoms with Crippen molar-refractivity contribution in [3.63, 3.8) is 0 Å². The zero-order valence-electron chi connectivity index (χ0n) is 24.4. The van der Waals surface area contributed by atoms with Gasteiger partial charge in [0.1, 0.15) is 11.5 Å². The SMILES string of the molecule is Clc1cccc(-c2cccc(-c3cccc(-c4ccc5c(c4)C4(c6ccccc6Oc6ccccc64)c4ccccc4-5)c3)c2)c1. The van der Waals surface area contributed by atoms with Crippen LogP contribution in [-0.2, 0) is 5.41 Å². The normalized spacial score (nSPS) is 13.4. The van der Waals surface area contributed by atoms with Crippen molar-refractivity contribution in [3.8, 4) is 56.0 Å². The lowest BCUT2D eigenvalue weighted by Gasteiger charge is -2.39. The van der Waals surface area contributed by atoms with Crippen molar-refractivity contribution in [2.45, 2.75) is 5.41 Å². The fourth-order valence-electron chi connectivity index (χ4n) is 7.46. The van der Waals surface area contributed by atoms with Gasteiger partial charge in [-0.05, 0) is 98.1 Å². The third-order valence-electron chi connectivity index (χ3n) is 9.40. The number of hydrogen-bond acceptors (Lipinski definition) is 1. The Kier molecular flexibility index (Phi) is 5.84. The first-order valence-corrected chi connectivity index (χ1v) is 15.7. The second kappa shape index (κ2) is 10.1. The molecular weight excluding hydrogens is 568 g/mol. The van der Waals surface area contributed by atoms with Gasteiger partial charge in [0.25, 0.3) is 0 Å². The summed E-state index contributed by atoms with van der Waals surface area (Å²) in [6.45, 7) is 0. The molecule has 7 aromatic carbocycles. The molecule has 1 spiro atoms. The van der Waals surface area contributed by atoms with Gasteiger partial charge in [-0.1, -0.05) is 133 Å². The number of hydrogen-bond donors (Lipinski definition) is 0. The van der Waals surface area contributed by atoms with Crippen molar-refractivity contribution >= 4 is 11.6 Å². The van der Waals surface area contributed by atoms with E-state index in [2.05, 4.69) is 146 Å². The summed E-state index contributed by atoms with van der Waals surface area (Å²) in [6.07, 6.45) is 0. The van der Waals surface area contributed by atoms with Crippen molar-refractivity contribution in [2.24, 2.45) is 0 Å². The van der Waals surface area contributed by atoms with Crippen LogP contribution in [0.2, 0.25) is 5.02 Å². The van der Waals surface area contributed by atoms with Gasteiger partial charge in [-0.2, -0.15) is 0 Å². The fraction of sp³-hybridized carbons (Fsp3) is 0.0233. The highest BCUT2D eigenvalue weighted by atomic mass is 35.5. The van der Waals surface area contributed by atoms with E-state index in [9.17, 15) is 0 Å². The van der Waals surface area contributed by atoms with E-state index in [1.807, 2.05) is 18.2 Å². The Morgan fingerprint density at radius 3 is 1.42 bits per heavy atom. The molecule has 0 fully saturated rings. The van der Waals surface area contributed by atoms with E-state index in [1.165, 1.54) is 55.6 Å². The molecule has 0 amide bonds. The van der Waals surface area contributed by atoms with Crippen LogP contribution in [-0.4, -0.2) is 0 Å². The quantitative estimate of drug-likeness (QED) is 0.198. The standard InChI is InChI=1S/C43H27ClO/c44-34-15-9-14-32(26-34)30-12-7-10-28(24-30)29-11-8-13-31(25-29)33-22-23-36-35-16-1-2-17-37(35)43(40(36)27-33)38-18-3-5-20-41(38)45-42-21-6-4-19-39(42)43/h1-27H. The van der Waals surface area contributed by atoms with Crippen LogP contribution >= 0.6 is 11.6 Å². The van der Waals surface area contributed by atoms with Crippen molar-refractivity contribution in [2.75, 3.05) is 0 Å². The van der Waals surface area contributed by atoms with Gasteiger partial charge < -0.3 is 4.74 Å². The number of halogens is 1. The third-order valence-corrected chi connectivity index (χ3v) is 9.63. The molecule has 1 aliphatic carbocycles. The van der Waals surface area contributed by atoms with E-state index < -0.39 is 5.41 Å². The molecule has 0 aromatic heterocycles. The molecule has 2 aliphatic rings. The third kappa shape index (κ3) is 3.94. The van der Waals surface area contributed by atoms with E-state index in [1.54, 1.807) is 0 Å². The van der Waals surface area contributed by atoms with Crippen molar-refractivity contribution in [3.05, 3.63) is 191 Å². The molecule has 0 saturated carbocycles. The van der Waals surface area contributed by atoms with Crippen LogP contribution < -0.4 is 4.74 Å². The van der Waals surface area contributed by atoms with E-state index >= 15 is 0 Å². The van der Waals surface area contributed by atoms with Crippen LogP contribution in [0.4, 0.5) is 0 Å². The summed E-state index contributed by atoms with van der Waals surface area (Å²) >= 11 is 6.31. The smallest absolute Gasteiger partial charge is 0.132 e. The first kappa shape index (κ1) is 26.1. The Bertz CT molecular complexity index is 2230. The lowest BCUT2D eigenvalue weighted by molar-refractivity contribution is 0.436. The minimum atomic E-state index is -0.476. The highest BCUT2D eigenvalue weighted by Gasteiger charge is 2.50. The maximum atomic E-state index is 6.51. The van der Waals surface area contributed by atoms with E-state index in [0.717, 1.165) is 27.6 Å². The number of rotatable bonds is 3. The van der Waals surface area contributed by atoms with E-state index in [4.69, 9.17) is 16.3 Å². The van der Waals surface area contributed by atoms with Gasteiger partial charge in [0.15, 0.2) is 0 Å². The molecule has 0 unspecified atom stereocenters. The second-order valence-electron chi connectivity index (χ2n) is 11.8. The zero-order valence-corrected chi connectivity index (χ0v) is 25.1. The number of fused-ring (bicyclic) bond motifs is 9. The summed E-state index contributed by atoms with van der Waals surface area (Å²) in [4.78, 5) is 0. The number of benzene rings is 7. The van der Waals surface area contributed by atoms with Crippen molar-refractivity contribution < 1.29 is 4.74 Å². The summed E-state index contributed by atoms with van der Waals surface area (Å²) in [5.41, 5.74) is 14.0. The first-order chi connectivity index (χ1) is 22.2. The molecule has 212 valence electrons. The fourth-order valence-corrected chi connectivity index (χ4v) is 7.65. The summed E-state index contributed by atoms with van der Waals surface area (Å²) in [7, 11) is 0. The Balaban J connectivity index is 1.22. The average molecular weight is 595 g/mol. The predicted octanol–water partition coefficient (Wildman–Crippen LogP) is 11.8. The minimum absolute atomic E-state index is 0.476. The summed E-state index contributed by atoms with van der Waals surface area (Å²) in [5.74, 6) is 1.82. The first-order valence-electron chi connectivity index (χ1n) is 15.3. The topological polar surface area (TPSA) is 9.23 Å². The van der Waals surface area contributed by atoms with Gasteiger partial charge >= 0.3 is 0 Å². The Hall–Kier alpha value is -5.37. The van der Waals surface area contributed by atoms with Gasteiger partial charge in [0.05, 0.1) is 5.41 Å². The van der Waals surface area contributed by atoms with Gasteiger partial charge in [0, 0.05) is 16.1 Å². The van der Waals surface area contributed by atoms with Crippen LogP contribution in [0.3, 0.4) is 0 Å². The van der Waals surface area contributed by atoms with Gasteiger partial charge in [-0.3, -0.25) is 0 Å². The molecule has 45 heavy (non-hydrogen) atoms. The van der Waals surface area contributed by atoms with Crippen LogP contribution in [0.1, 0.15) is 22.3 Å². The molecule has 0 bridgehead atoms. The highest BCUT2D eigenvalue weighted by molar-refractivity contribution is 6.30. The summed E-state index contributed by atoms with van der Waals surface area (Å²) in [6, 6.07) is 58.5. The van der Waals surface area contributed by atoms with Gasteiger partial charge in [-0.15, -0.1) is 0 Å². The molecule has 0 radical (unpaired) electrons. The summed E-state index contributed by atoms with van der Waals surface area (Å²) < 4.78 is 6.51. The molecule has 0 saturated heterocycles. The molecule has 7 aromatic rings. The van der Waals surface area contributed by atoms with E-state index in [-0.39, 0.29) is 0 Å². The zero-order chi connectivity index (χ0) is 30.0. The molecular formula is C43H27ClO. The predicted molar refractivity (Wildman–Crippen MR) is 185 cm³/mol. The van der Waals surface area contributed by atoms with Crippen LogP contribution in [0.25, 0.3) is 44.5 Å². The Morgan fingerprint density at radius 2 is 0.822 bits per heavy atom. The van der Waals surface area contributed by atoms with Crippen molar-refractivity contribution in [1.82, 2.24) is 0 Å². The van der Waals surface area contributed by atoms with Crippen LogP contribution in [0, 0.1) is 0 Å². The summed E-state index contributed by atoms with van der Waals surface area (Å²) in [5, 5.41) is 0.742. The largest absolute Gasteiger partial charge is 0.457 e. The maximum Gasteiger partial charge on any atom is 0.132 e. The van der Waals surface area contributed by atoms with Crippen LogP contribution in [0.15, 0.2) is 164 Å². The lowest BCUT2D eigenvalue weighted by Crippen LogP contribution is -2.32. The molecule has 9 rings (SSSR count). The van der Waals surface area contributed by atoms with Gasteiger partial charge in [-0.25, -0.2) is 0 Å². The number of para-hydroxylation sites is 2. The molecule has 2 heteroatoms. The molecule has 1 aliphatic heterocycles. The van der Waals surface area contributed by atoms with E-state index in [0.29, 0.717) is 0 Å². The maximum absolute atomic E-state index is 6.51. The molecule has 1 heterocycles. The average Bonchev–Trinajstić information content (AvgIpc) is 3.39. The van der Waals surface area contributed by atoms with Crippen molar-refractivity contribution in [1.29, 1.82) is 0 Å². The van der Waals surface area contributed by atoms with Crippen LogP contribution in [0.5, 0.6) is 11.5 Å². The Labute approximate surface area is 268 Å². The monoisotopic (exact) mass is 594 g/mol. The van der Waals surface area contributed by atoms with Gasteiger partial charge in [0.2, 0.25) is 0 Å². The Morgan fingerprint density at radius 1 is 0.356 bits per heavy atom. The second-order valence-corrected chi connectivity index (χ2v) is 12.3. The highest BCUT2D eigenvalue weighted by Crippen LogP contribution is 2.62. The molecule has 0 N–H and O–H groups in total. The minimum Gasteiger partial charge on any atom is -0.457 e. The lowest BCUT2D eigenvalue weighted by atomic mass is 9.66. The molecule has 0 atom stereocenters. The molecule has 1 nitrogen and oxygen atoms in total. The number of ether oxygens (including phenoxy) is 1.